The lowest BCUT2D eigenvalue weighted by Gasteiger charge is -2.21. The van der Waals surface area contributed by atoms with Crippen LogP contribution in [0.1, 0.15) is 58.2 Å². The molecule has 0 aliphatic carbocycles. The van der Waals surface area contributed by atoms with Crippen LogP contribution in [-0.4, -0.2) is 27.5 Å². The molecule has 230 valence electrons. The van der Waals surface area contributed by atoms with Crippen LogP contribution in [0.2, 0.25) is 0 Å². The number of benzene rings is 3. The molecule has 0 saturated carbocycles. The molecule has 3 aromatic rings. The lowest BCUT2D eigenvalue weighted by Crippen LogP contribution is -2.18. The molecule has 0 atom stereocenters. The summed E-state index contributed by atoms with van der Waals surface area (Å²) >= 11 is 0. The number of hydrogen-bond donors (Lipinski definition) is 2. The second kappa shape index (κ2) is 11.6. The largest absolute Gasteiger partial charge is 0.493 e. The summed E-state index contributed by atoms with van der Waals surface area (Å²) in [5.74, 6) is 0.700. The molecule has 4 rings (SSSR count). The fourth-order valence-electron chi connectivity index (χ4n) is 4.03. The number of nitrogens with one attached hydrogen (secondary N) is 2. The standard InChI is InChI=1S/C32H35F3N2O5S/c1-30(2,3)18-41-23-13-20(14-24(16-23)42-19-31(4,5)6)15-27-26-17-25(11-12-28(26)36-29(27)38)43(39,40)37-22-9-7-21(8-10-22)32(33,34)35/h7-17,37H,18-19H2,1-6H3,(H,36,38). The molecule has 1 heterocycles. The molecule has 0 radical (unpaired) electrons. The Morgan fingerprint density at radius 3 is 1.88 bits per heavy atom. The normalized spacial score (nSPS) is 14.8. The quantitative estimate of drug-likeness (QED) is 0.252. The van der Waals surface area contributed by atoms with E-state index in [9.17, 15) is 26.4 Å². The monoisotopic (exact) mass is 616 g/mol. The summed E-state index contributed by atoms with van der Waals surface area (Å²) in [4.78, 5) is 12.8. The van der Waals surface area contributed by atoms with Crippen LogP contribution >= 0.6 is 0 Å². The maximum Gasteiger partial charge on any atom is 0.416 e. The van der Waals surface area contributed by atoms with E-state index in [0.29, 0.717) is 41.5 Å². The van der Waals surface area contributed by atoms with Crippen LogP contribution in [0.15, 0.2) is 65.6 Å². The van der Waals surface area contributed by atoms with Gasteiger partial charge in [-0.3, -0.25) is 9.52 Å². The maximum atomic E-state index is 13.1. The lowest BCUT2D eigenvalue weighted by atomic mass is 9.98. The second-order valence-electron chi connectivity index (χ2n) is 12.8. The van der Waals surface area contributed by atoms with Gasteiger partial charge < -0.3 is 14.8 Å². The van der Waals surface area contributed by atoms with Crippen molar-refractivity contribution >= 4 is 39.0 Å². The Labute approximate surface area is 250 Å². The number of rotatable bonds is 8. The zero-order chi connectivity index (χ0) is 31.8. The highest BCUT2D eigenvalue weighted by atomic mass is 32.2. The van der Waals surface area contributed by atoms with Crippen molar-refractivity contribution in [2.75, 3.05) is 23.3 Å². The minimum Gasteiger partial charge on any atom is -0.493 e. The van der Waals surface area contributed by atoms with Crippen molar-refractivity contribution in [2.45, 2.75) is 52.6 Å². The first-order valence-electron chi connectivity index (χ1n) is 13.6. The highest BCUT2D eigenvalue weighted by Crippen LogP contribution is 2.37. The summed E-state index contributed by atoms with van der Waals surface area (Å²) in [5, 5.41) is 2.74. The molecular weight excluding hydrogens is 581 g/mol. The Morgan fingerprint density at radius 1 is 0.814 bits per heavy atom. The smallest absolute Gasteiger partial charge is 0.416 e. The Kier molecular flexibility index (Phi) is 8.61. The number of hydrogen-bond acceptors (Lipinski definition) is 5. The molecule has 3 aromatic carbocycles. The third kappa shape index (κ3) is 8.53. The number of alkyl halides is 3. The second-order valence-corrected chi connectivity index (χ2v) is 14.5. The third-order valence-corrected chi connectivity index (χ3v) is 7.48. The van der Waals surface area contributed by atoms with E-state index in [4.69, 9.17) is 9.47 Å². The fraction of sp³-hybridized carbons (Fsp3) is 0.344. The van der Waals surface area contributed by atoms with Gasteiger partial charge in [-0.05, 0) is 77.1 Å². The molecule has 0 bridgehead atoms. The van der Waals surface area contributed by atoms with Crippen molar-refractivity contribution in [2.24, 2.45) is 10.8 Å². The van der Waals surface area contributed by atoms with E-state index >= 15 is 0 Å². The van der Waals surface area contributed by atoms with Gasteiger partial charge in [0.05, 0.1) is 23.7 Å². The number of anilines is 2. The number of carbonyl (C=O) groups excluding carboxylic acids is 1. The molecule has 7 nitrogen and oxygen atoms in total. The van der Waals surface area contributed by atoms with E-state index in [1.807, 2.05) is 41.5 Å². The van der Waals surface area contributed by atoms with Crippen molar-refractivity contribution in [1.29, 1.82) is 0 Å². The average molecular weight is 617 g/mol. The molecule has 43 heavy (non-hydrogen) atoms. The average Bonchev–Trinajstić information content (AvgIpc) is 3.19. The van der Waals surface area contributed by atoms with Crippen molar-refractivity contribution in [1.82, 2.24) is 0 Å². The Bertz CT molecular complexity index is 1610. The molecule has 2 N–H and O–H groups in total. The van der Waals surface area contributed by atoms with Gasteiger partial charge in [-0.15, -0.1) is 0 Å². The van der Waals surface area contributed by atoms with Crippen LogP contribution in [0.3, 0.4) is 0 Å². The summed E-state index contributed by atoms with van der Waals surface area (Å²) in [6.07, 6.45) is -2.91. The molecule has 0 saturated heterocycles. The predicted octanol–water partition coefficient (Wildman–Crippen LogP) is 7.85. The van der Waals surface area contributed by atoms with Gasteiger partial charge in [0, 0.05) is 28.6 Å². The van der Waals surface area contributed by atoms with Gasteiger partial charge in [-0.1, -0.05) is 41.5 Å². The molecule has 1 aliphatic heterocycles. The highest BCUT2D eigenvalue weighted by Gasteiger charge is 2.31. The zero-order valence-electron chi connectivity index (χ0n) is 24.8. The Balaban J connectivity index is 1.67. The molecule has 11 heteroatoms. The molecular formula is C32H35F3N2O5S. The van der Waals surface area contributed by atoms with Crippen molar-refractivity contribution in [3.05, 3.63) is 77.4 Å². The number of halogens is 3. The van der Waals surface area contributed by atoms with Gasteiger partial charge in [-0.25, -0.2) is 8.42 Å². The fourth-order valence-corrected chi connectivity index (χ4v) is 5.11. The van der Waals surface area contributed by atoms with E-state index < -0.39 is 27.7 Å². The maximum absolute atomic E-state index is 13.1. The Morgan fingerprint density at radius 2 is 1.37 bits per heavy atom. The number of amides is 1. The summed E-state index contributed by atoms with van der Waals surface area (Å²) in [7, 11) is -4.19. The first-order valence-corrected chi connectivity index (χ1v) is 15.1. The first-order chi connectivity index (χ1) is 19.8. The molecule has 0 unspecified atom stereocenters. The van der Waals surface area contributed by atoms with E-state index in [0.717, 1.165) is 24.3 Å². The zero-order valence-corrected chi connectivity index (χ0v) is 25.7. The molecule has 0 aromatic heterocycles. The van der Waals surface area contributed by atoms with Gasteiger partial charge in [0.25, 0.3) is 15.9 Å². The van der Waals surface area contributed by atoms with E-state index in [1.54, 1.807) is 24.3 Å². The van der Waals surface area contributed by atoms with Crippen LogP contribution in [-0.2, 0) is 21.0 Å². The summed E-state index contributed by atoms with van der Waals surface area (Å²) < 4.78 is 79.3. The minimum absolute atomic E-state index is 0.0340. The van der Waals surface area contributed by atoms with Crippen molar-refractivity contribution in [3.63, 3.8) is 0 Å². The number of carbonyl (C=O) groups is 1. The molecule has 1 amide bonds. The van der Waals surface area contributed by atoms with Crippen LogP contribution in [0.5, 0.6) is 11.5 Å². The Hall–Kier alpha value is -3.99. The highest BCUT2D eigenvalue weighted by molar-refractivity contribution is 7.92. The van der Waals surface area contributed by atoms with Crippen LogP contribution < -0.4 is 19.5 Å². The third-order valence-electron chi connectivity index (χ3n) is 6.11. The van der Waals surface area contributed by atoms with Crippen LogP contribution in [0.25, 0.3) is 11.6 Å². The lowest BCUT2D eigenvalue weighted by molar-refractivity contribution is -0.137. The van der Waals surface area contributed by atoms with Crippen molar-refractivity contribution < 1.29 is 35.9 Å². The molecule has 1 aliphatic rings. The number of ether oxygens (including phenoxy) is 2. The van der Waals surface area contributed by atoms with Gasteiger partial charge in [0.15, 0.2) is 0 Å². The molecule has 0 fully saturated rings. The van der Waals surface area contributed by atoms with E-state index in [-0.39, 0.29) is 27.0 Å². The van der Waals surface area contributed by atoms with Gasteiger partial charge in [0.2, 0.25) is 0 Å². The predicted molar refractivity (Wildman–Crippen MR) is 162 cm³/mol. The summed E-state index contributed by atoms with van der Waals surface area (Å²) in [6.45, 7) is 13.2. The van der Waals surface area contributed by atoms with Crippen LogP contribution in [0.4, 0.5) is 24.5 Å². The number of sulfonamides is 1. The van der Waals surface area contributed by atoms with E-state index in [1.165, 1.54) is 18.2 Å². The summed E-state index contributed by atoms with van der Waals surface area (Å²) in [5.41, 5.74) is 0.511. The van der Waals surface area contributed by atoms with Crippen LogP contribution in [0, 0.1) is 10.8 Å². The SMILES string of the molecule is CC(C)(C)COc1cc(C=C2C(=O)Nc3ccc(S(=O)(=O)Nc4ccc(C(F)(F)F)cc4)cc32)cc(OCC(C)(C)C)c1. The van der Waals surface area contributed by atoms with Gasteiger partial charge in [-0.2, -0.15) is 13.2 Å². The van der Waals surface area contributed by atoms with E-state index in [2.05, 4.69) is 10.0 Å². The first kappa shape index (κ1) is 31.9. The number of fused-ring (bicyclic) bond motifs is 1. The van der Waals surface area contributed by atoms with Gasteiger partial charge in [0.1, 0.15) is 11.5 Å². The summed E-state index contributed by atoms with van der Waals surface area (Å²) in [6, 6.07) is 13.1. The minimum atomic E-state index is -4.54. The topological polar surface area (TPSA) is 93.7 Å². The molecule has 0 spiro atoms. The van der Waals surface area contributed by atoms with Crippen molar-refractivity contribution in [3.8, 4) is 11.5 Å². The van der Waals surface area contributed by atoms with Gasteiger partial charge >= 0.3 is 6.18 Å².